The fourth-order valence-electron chi connectivity index (χ4n) is 3.78. The van der Waals surface area contributed by atoms with E-state index in [1.807, 2.05) is 0 Å². The van der Waals surface area contributed by atoms with Crippen molar-refractivity contribution in [1.82, 2.24) is 20.2 Å². The van der Waals surface area contributed by atoms with Gasteiger partial charge in [0.2, 0.25) is 11.2 Å². The van der Waals surface area contributed by atoms with Crippen molar-refractivity contribution in [3.63, 3.8) is 0 Å². The Hall–Kier alpha value is -1.48. The molecule has 2 saturated heterocycles. The zero-order valence-corrected chi connectivity index (χ0v) is 17.0. The summed E-state index contributed by atoms with van der Waals surface area (Å²) in [4.78, 5) is 26.6. The lowest BCUT2D eigenvalue weighted by molar-refractivity contribution is -0.125. The molecule has 0 aromatic carbocycles. The summed E-state index contributed by atoms with van der Waals surface area (Å²) < 4.78 is 6.55. The van der Waals surface area contributed by atoms with Gasteiger partial charge in [-0.15, -0.1) is 11.3 Å². The number of thiophene rings is 1. The molecule has 4 heterocycles. The molecule has 1 N–H and O–H groups in total. The van der Waals surface area contributed by atoms with Crippen molar-refractivity contribution in [2.75, 3.05) is 51.3 Å². The highest BCUT2D eigenvalue weighted by molar-refractivity contribution is 7.19. The van der Waals surface area contributed by atoms with Crippen LogP contribution in [0.3, 0.4) is 0 Å². The largest absolute Gasteiger partial charge is 0.378 e. The highest BCUT2D eigenvalue weighted by Gasteiger charge is 2.25. The minimum Gasteiger partial charge on any atom is -0.378 e. The first-order valence-corrected chi connectivity index (χ1v) is 10.6. The number of carbonyl (C=O) groups is 1. The summed E-state index contributed by atoms with van der Waals surface area (Å²) in [5.41, 5.74) is 0.914. The molecular formula is C18H24ClN5O2S. The lowest BCUT2D eigenvalue weighted by Crippen LogP contribution is -2.39. The van der Waals surface area contributed by atoms with Crippen LogP contribution in [0.15, 0.2) is 6.07 Å². The minimum atomic E-state index is 0.145. The van der Waals surface area contributed by atoms with Gasteiger partial charge in [-0.25, -0.2) is 4.98 Å². The molecule has 9 heteroatoms. The third-order valence-corrected chi connectivity index (χ3v) is 6.55. The number of hydrogen-bond acceptors (Lipinski definition) is 7. The number of halogens is 1. The molecule has 0 unspecified atom stereocenters. The van der Waals surface area contributed by atoms with E-state index in [1.54, 1.807) is 18.4 Å². The van der Waals surface area contributed by atoms with Gasteiger partial charge in [0.1, 0.15) is 0 Å². The average Bonchev–Trinajstić information content (AvgIpc) is 3.10. The standard InChI is InChI=1S/C18H24ClN5O2S/c1-20-17(25)12-2-4-23(5-3-12)11-13-10-14-15(27-13)16(22-18(19)21-14)24-6-8-26-9-7-24/h10,12H,2-9,11H2,1H3,(H,20,25). The molecule has 2 fully saturated rings. The molecule has 1 amide bonds. The van der Waals surface area contributed by atoms with Crippen LogP contribution in [-0.4, -0.2) is 67.2 Å². The highest BCUT2D eigenvalue weighted by Crippen LogP contribution is 2.34. The quantitative estimate of drug-likeness (QED) is 0.780. The Morgan fingerprint density at radius 2 is 2.04 bits per heavy atom. The number of nitrogens with one attached hydrogen (secondary N) is 1. The Morgan fingerprint density at radius 3 is 2.74 bits per heavy atom. The van der Waals surface area contributed by atoms with Crippen LogP contribution in [0.1, 0.15) is 17.7 Å². The molecule has 0 aliphatic carbocycles. The molecular weight excluding hydrogens is 386 g/mol. The molecule has 0 spiro atoms. The van der Waals surface area contributed by atoms with E-state index in [4.69, 9.17) is 16.3 Å². The molecule has 2 aromatic heterocycles. The van der Waals surface area contributed by atoms with Gasteiger partial charge in [-0.3, -0.25) is 9.69 Å². The average molecular weight is 410 g/mol. The molecule has 2 aromatic rings. The number of anilines is 1. The zero-order chi connectivity index (χ0) is 18.8. The number of amides is 1. The molecule has 0 bridgehead atoms. The summed E-state index contributed by atoms with van der Waals surface area (Å²) >= 11 is 7.92. The first kappa shape index (κ1) is 18.9. The van der Waals surface area contributed by atoms with Gasteiger partial charge in [0.05, 0.1) is 23.4 Å². The van der Waals surface area contributed by atoms with Gasteiger partial charge in [0.25, 0.3) is 0 Å². The number of ether oxygens (including phenoxy) is 1. The SMILES string of the molecule is CNC(=O)C1CCN(Cc2cc3nc(Cl)nc(N4CCOCC4)c3s2)CC1. The summed E-state index contributed by atoms with van der Waals surface area (Å²) in [6, 6.07) is 2.13. The number of aromatic nitrogens is 2. The van der Waals surface area contributed by atoms with E-state index in [-0.39, 0.29) is 11.8 Å². The van der Waals surface area contributed by atoms with Gasteiger partial charge >= 0.3 is 0 Å². The first-order chi connectivity index (χ1) is 13.1. The van der Waals surface area contributed by atoms with Crippen LogP contribution in [0.5, 0.6) is 0 Å². The third-order valence-electron chi connectivity index (χ3n) is 5.27. The highest BCUT2D eigenvalue weighted by atomic mass is 35.5. The second kappa shape index (κ2) is 8.26. The van der Waals surface area contributed by atoms with Crippen LogP contribution in [0, 0.1) is 5.92 Å². The van der Waals surface area contributed by atoms with Gasteiger partial charge < -0.3 is 15.0 Å². The van der Waals surface area contributed by atoms with Crippen molar-refractivity contribution in [3.8, 4) is 0 Å². The van der Waals surface area contributed by atoms with E-state index >= 15 is 0 Å². The molecule has 0 atom stereocenters. The normalized spacial score (nSPS) is 19.6. The third kappa shape index (κ3) is 4.18. The van der Waals surface area contributed by atoms with E-state index in [9.17, 15) is 4.79 Å². The number of nitrogens with zero attached hydrogens (tertiary/aromatic N) is 4. The maximum atomic E-state index is 11.8. The summed E-state index contributed by atoms with van der Waals surface area (Å²) in [5, 5.41) is 3.05. The van der Waals surface area contributed by atoms with Crippen molar-refractivity contribution >= 4 is 44.9 Å². The molecule has 0 radical (unpaired) electrons. The first-order valence-electron chi connectivity index (χ1n) is 9.36. The topological polar surface area (TPSA) is 70.6 Å². The molecule has 0 saturated carbocycles. The Bertz CT molecular complexity index is 815. The van der Waals surface area contributed by atoms with Crippen LogP contribution >= 0.6 is 22.9 Å². The van der Waals surface area contributed by atoms with Crippen LogP contribution in [0.25, 0.3) is 10.2 Å². The fraction of sp³-hybridized carbons (Fsp3) is 0.611. The second-order valence-corrected chi connectivity index (χ2v) is 8.48. The van der Waals surface area contributed by atoms with Gasteiger partial charge in [-0.2, -0.15) is 4.98 Å². The molecule has 7 nitrogen and oxygen atoms in total. The number of carbonyl (C=O) groups excluding carboxylic acids is 1. The molecule has 27 heavy (non-hydrogen) atoms. The monoisotopic (exact) mass is 409 g/mol. The van der Waals surface area contributed by atoms with Crippen LogP contribution < -0.4 is 10.2 Å². The summed E-state index contributed by atoms with van der Waals surface area (Å²) in [5.74, 6) is 1.23. The van der Waals surface area contributed by atoms with E-state index in [1.165, 1.54) is 4.88 Å². The van der Waals surface area contributed by atoms with Gasteiger partial charge in [0, 0.05) is 37.5 Å². The smallest absolute Gasteiger partial charge is 0.224 e. The number of hydrogen-bond donors (Lipinski definition) is 1. The summed E-state index contributed by atoms with van der Waals surface area (Å²) in [7, 11) is 1.71. The van der Waals surface area contributed by atoms with Gasteiger partial charge in [-0.05, 0) is 43.6 Å². The van der Waals surface area contributed by atoms with Crippen molar-refractivity contribution in [1.29, 1.82) is 0 Å². The Labute approximate surface area is 167 Å². The minimum absolute atomic E-state index is 0.145. The van der Waals surface area contributed by atoms with Crippen molar-refractivity contribution in [2.45, 2.75) is 19.4 Å². The van der Waals surface area contributed by atoms with Crippen LogP contribution in [-0.2, 0) is 16.1 Å². The van der Waals surface area contributed by atoms with E-state index in [0.29, 0.717) is 18.5 Å². The lowest BCUT2D eigenvalue weighted by Gasteiger charge is -2.30. The maximum absolute atomic E-state index is 11.8. The van der Waals surface area contributed by atoms with E-state index in [2.05, 4.69) is 31.2 Å². The Morgan fingerprint density at radius 1 is 1.30 bits per heavy atom. The van der Waals surface area contributed by atoms with Crippen molar-refractivity contribution in [3.05, 3.63) is 16.2 Å². The summed E-state index contributed by atoms with van der Waals surface area (Å²) in [6.45, 7) is 5.82. The molecule has 4 rings (SSSR count). The van der Waals surface area contributed by atoms with E-state index < -0.39 is 0 Å². The Kier molecular flexibility index (Phi) is 5.77. The lowest BCUT2D eigenvalue weighted by atomic mass is 9.96. The summed E-state index contributed by atoms with van der Waals surface area (Å²) in [6.07, 6.45) is 1.82. The fourth-order valence-corrected chi connectivity index (χ4v) is 5.11. The maximum Gasteiger partial charge on any atom is 0.224 e. The van der Waals surface area contributed by atoms with Gasteiger partial charge in [0.15, 0.2) is 5.82 Å². The van der Waals surface area contributed by atoms with Crippen LogP contribution in [0.4, 0.5) is 5.82 Å². The van der Waals surface area contributed by atoms with Crippen LogP contribution in [0.2, 0.25) is 5.28 Å². The van der Waals surface area contributed by atoms with Crippen molar-refractivity contribution in [2.24, 2.45) is 5.92 Å². The molecule has 146 valence electrons. The van der Waals surface area contributed by atoms with Gasteiger partial charge in [-0.1, -0.05) is 0 Å². The van der Waals surface area contributed by atoms with E-state index in [0.717, 1.165) is 61.6 Å². The number of likely N-dealkylation sites (tertiary alicyclic amines) is 1. The number of fused-ring (bicyclic) bond motifs is 1. The Balaban J connectivity index is 1.49. The predicted octanol–water partition coefficient (Wildman–Crippen LogP) is 2.14. The number of rotatable bonds is 4. The predicted molar refractivity (Wildman–Crippen MR) is 108 cm³/mol. The molecule has 2 aliphatic rings. The number of morpholine rings is 1. The number of piperidine rings is 1. The second-order valence-electron chi connectivity index (χ2n) is 7.01. The molecule has 2 aliphatic heterocycles. The zero-order valence-electron chi connectivity index (χ0n) is 15.4. The van der Waals surface area contributed by atoms with Crippen molar-refractivity contribution < 1.29 is 9.53 Å².